The van der Waals surface area contributed by atoms with Crippen molar-refractivity contribution in [2.24, 2.45) is 0 Å². The molecule has 2 aromatic rings. The van der Waals surface area contributed by atoms with Crippen LogP contribution in [0.1, 0.15) is 12.6 Å². The summed E-state index contributed by atoms with van der Waals surface area (Å²) in [6.07, 6.45) is 6.82. The smallest absolute Gasteiger partial charge is 0.153 e. The molecule has 0 radical (unpaired) electrons. The molecule has 1 aliphatic rings. The van der Waals surface area contributed by atoms with Crippen molar-refractivity contribution >= 4 is 10.9 Å². The van der Waals surface area contributed by atoms with E-state index in [1.807, 2.05) is 22.9 Å². The molecule has 3 heteroatoms. The zero-order valence-electron chi connectivity index (χ0n) is 8.77. The van der Waals surface area contributed by atoms with Gasteiger partial charge in [-0.1, -0.05) is 12.1 Å². The van der Waals surface area contributed by atoms with Gasteiger partial charge in [0.25, 0.3) is 0 Å². The molecule has 1 aromatic carbocycles. The van der Waals surface area contributed by atoms with Crippen molar-refractivity contribution in [1.82, 2.24) is 4.57 Å². The number of fused-ring (bicyclic) bond motifs is 1. The maximum atomic E-state index is 13.5. The molecule has 0 bridgehead atoms. The Kier molecular flexibility index (Phi) is 2.26. The van der Waals surface area contributed by atoms with Gasteiger partial charge in [0.05, 0.1) is 12.1 Å². The Balaban J connectivity index is 2.13. The number of hydrogen-bond donors (Lipinski definition) is 0. The van der Waals surface area contributed by atoms with Gasteiger partial charge in [-0.2, -0.15) is 0 Å². The number of benzene rings is 1. The van der Waals surface area contributed by atoms with Crippen molar-refractivity contribution in [1.29, 1.82) is 0 Å². The first-order valence-electron chi connectivity index (χ1n) is 5.39. The van der Waals surface area contributed by atoms with Crippen molar-refractivity contribution in [3.63, 3.8) is 0 Å². The van der Waals surface area contributed by atoms with Crippen LogP contribution in [0, 0.1) is 5.82 Å². The van der Waals surface area contributed by atoms with Crippen LogP contribution in [-0.4, -0.2) is 11.2 Å². The highest BCUT2D eigenvalue weighted by Crippen LogP contribution is 2.25. The molecule has 2 heterocycles. The molecule has 0 N–H and O–H groups in total. The predicted molar refractivity (Wildman–Crippen MR) is 60.6 cm³/mol. The van der Waals surface area contributed by atoms with E-state index in [2.05, 4.69) is 6.08 Å². The quantitative estimate of drug-likeness (QED) is 0.669. The zero-order chi connectivity index (χ0) is 11.0. The van der Waals surface area contributed by atoms with Gasteiger partial charge >= 0.3 is 0 Å². The molecule has 3 rings (SSSR count). The number of halogens is 1. The van der Waals surface area contributed by atoms with Crippen molar-refractivity contribution in [2.45, 2.75) is 12.6 Å². The highest BCUT2D eigenvalue weighted by atomic mass is 19.1. The number of rotatable bonds is 1. The fourth-order valence-corrected chi connectivity index (χ4v) is 2.07. The molecule has 1 atom stereocenters. The number of ether oxygens (including phenoxy) is 1. The summed E-state index contributed by atoms with van der Waals surface area (Å²) in [5.41, 5.74) is 0.872. The summed E-state index contributed by atoms with van der Waals surface area (Å²) >= 11 is 0. The summed E-state index contributed by atoms with van der Waals surface area (Å²) in [5.74, 6) is -0.184. The van der Waals surface area contributed by atoms with Gasteiger partial charge in [0, 0.05) is 11.6 Å². The van der Waals surface area contributed by atoms with Gasteiger partial charge in [0.15, 0.2) is 6.23 Å². The number of hydrogen-bond acceptors (Lipinski definition) is 1. The highest BCUT2D eigenvalue weighted by molar-refractivity contribution is 5.80. The molecule has 0 unspecified atom stereocenters. The average molecular weight is 217 g/mol. The molecule has 82 valence electrons. The summed E-state index contributed by atoms with van der Waals surface area (Å²) in [4.78, 5) is 0. The Labute approximate surface area is 92.9 Å². The Bertz CT molecular complexity index is 544. The lowest BCUT2D eigenvalue weighted by Crippen LogP contribution is -2.13. The molecule has 0 amide bonds. The van der Waals surface area contributed by atoms with Crippen LogP contribution in [0.3, 0.4) is 0 Å². The lowest BCUT2D eigenvalue weighted by molar-refractivity contribution is 0.0351. The van der Waals surface area contributed by atoms with Gasteiger partial charge in [-0.05, 0) is 30.7 Å². The molecule has 16 heavy (non-hydrogen) atoms. The fraction of sp³-hybridized carbons (Fsp3) is 0.231. The Morgan fingerprint density at radius 3 is 3.06 bits per heavy atom. The van der Waals surface area contributed by atoms with Gasteiger partial charge in [0.1, 0.15) is 5.82 Å². The van der Waals surface area contributed by atoms with Crippen LogP contribution in [0.25, 0.3) is 10.9 Å². The molecule has 1 aromatic heterocycles. The van der Waals surface area contributed by atoms with Gasteiger partial charge < -0.3 is 9.30 Å². The monoisotopic (exact) mass is 217 g/mol. The zero-order valence-corrected chi connectivity index (χ0v) is 8.77. The number of aromatic nitrogens is 1. The van der Waals surface area contributed by atoms with Crippen LogP contribution in [-0.2, 0) is 4.74 Å². The molecule has 0 aliphatic carbocycles. The van der Waals surface area contributed by atoms with Crippen molar-refractivity contribution in [3.05, 3.63) is 48.4 Å². The maximum Gasteiger partial charge on any atom is 0.153 e. The lowest BCUT2D eigenvalue weighted by Gasteiger charge is -2.20. The topological polar surface area (TPSA) is 14.2 Å². The average Bonchev–Trinajstić information content (AvgIpc) is 2.75. The van der Waals surface area contributed by atoms with E-state index in [0.29, 0.717) is 5.39 Å². The van der Waals surface area contributed by atoms with E-state index in [9.17, 15) is 4.39 Å². The molecule has 2 nitrogen and oxygen atoms in total. The highest BCUT2D eigenvalue weighted by Gasteiger charge is 2.13. The molecular formula is C13H12FNO. The van der Waals surface area contributed by atoms with Crippen LogP contribution >= 0.6 is 0 Å². The lowest BCUT2D eigenvalue weighted by atomic mass is 10.2. The van der Waals surface area contributed by atoms with Gasteiger partial charge in [-0.25, -0.2) is 4.39 Å². The Morgan fingerprint density at radius 1 is 1.31 bits per heavy atom. The fourth-order valence-electron chi connectivity index (χ4n) is 2.07. The Morgan fingerprint density at radius 2 is 2.25 bits per heavy atom. The summed E-state index contributed by atoms with van der Waals surface area (Å²) in [6, 6.07) is 6.89. The molecule has 1 aliphatic heterocycles. The first kappa shape index (κ1) is 9.60. The molecule has 0 fully saturated rings. The van der Waals surface area contributed by atoms with Crippen LogP contribution < -0.4 is 0 Å². The summed E-state index contributed by atoms with van der Waals surface area (Å²) in [5, 5.41) is 0.644. The van der Waals surface area contributed by atoms with E-state index in [4.69, 9.17) is 4.74 Å². The maximum absolute atomic E-state index is 13.5. The van der Waals surface area contributed by atoms with Crippen molar-refractivity contribution in [2.75, 3.05) is 6.61 Å². The van der Waals surface area contributed by atoms with Crippen molar-refractivity contribution < 1.29 is 9.13 Å². The minimum absolute atomic E-state index is 0.104. The minimum Gasteiger partial charge on any atom is -0.354 e. The largest absolute Gasteiger partial charge is 0.354 e. The third-order valence-electron chi connectivity index (χ3n) is 2.86. The normalized spacial score (nSPS) is 20.4. The van der Waals surface area contributed by atoms with Gasteiger partial charge in [-0.3, -0.25) is 0 Å². The summed E-state index contributed by atoms with van der Waals surface area (Å²) in [6.45, 7) is 0.718. The van der Waals surface area contributed by atoms with Crippen LogP contribution in [0.5, 0.6) is 0 Å². The summed E-state index contributed by atoms with van der Waals surface area (Å²) < 4.78 is 21.1. The SMILES string of the molecule is Fc1cccc2c1ccn2[C@@H]1C=CCCO1. The minimum atomic E-state index is -0.184. The second-order valence-electron chi connectivity index (χ2n) is 3.87. The van der Waals surface area contributed by atoms with Gasteiger partial charge in [0.2, 0.25) is 0 Å². The van der Waals surface area contributed by atoms with Crippen LogP contribution in [0.4, 0.5) is 4.39 Å². The molecule has 0 saturated carbocycles. The molecule has 0 saturated heterocycles. The van der Waals surface area contributed by atoms with E-state index in [1.165, 1.54) is 6.07 Å². The van der Waals surface area contributed by atoms with E-state index < -0.39 is 0 Å². The van der Waals surface area contributed by atoms with E-state index in [-0.39, 0.29) is 12.0 Å². The van der Waals surface area contributed by atoms with Gasteiger partial charge in [-0.15, -0.1) is 0 Å². The predicted octanol–water partition coefficient (Wildman–Crippen LogP) is 3.26. The third-order valence-corrected chi connectivity index (χ3v) is 2.86. The summed E-state index contributed by atoms with van der Waals surface area (Å²) in [7, 11) is 0. The van der Waals surface area contributed by atoms with Crippen molar-refractivity contribution in [3.8, 4) is 0 Å². The first-order valence-corrected chi connectivity index (χ1v) is 5.39. The Hall–Kier alpha value is -1.61. The number of nitrogens with zero attached hydrogens (tertiary/aromatic N) is 1. The third kappa shape index (κ3) is 1.44. The molecular weight excluding hydrogens is 205 g/mol. The van der Waals surface area contributed by atoms with E-state index >= 15 is 0 Å². The second-order valence-corrected chi connectivity index (χ2v) is 3.87. The van der Waals surface area contributed by atoms with Crippen LogP contribution in [0.15, 0.2) is 42.6 Å². The van der Waals surface area contributed by atoms with Crippen LogP contribution in [0.2, 0.25) is 0 Å². The van der Waals surface area contributed by atoms with E-state index in [0.717, 1.165) is 18.5 Å². The second kappa shape index (κ2) is 3.76. The first-order chi connectivity index (χ1) is 7.86. The molecule has 0 spiro atoms. The standard InChI is InChI=1S/C13H12FNO/c14-11-4-3-5-12-10(11)7-8-15(12)13-6-1-2-9-16-13/h1,3-8,13H,2,9H2/t13-/m0/s1. The van der Waals surface area contributed by atoms with E-state index in [1.54, 1.807) is 12.1 Å².